The molecule has 78 valence electrons. The summed E-state index contributed by atoms with van der Waals surface area (Å²) in [6.07, 6.45) is -0.231. The van der Waals surface area contributed by atoms with Gasteiger partial charge in [0.25, 0.3) is 5.91 Å². The van der Waals surface area contributed by atoms with E-state index in [4.69, 9.17) is 4.74 Å². The van der Waals surface area contributed by atoms with Gasteiger partial charge in [0.15, 0.2) is 0 Å². The standard InChI is InChI=1S/C8H17N2O3/c1-6(2)13-5-7(11)3-4-8(12)10-9/h6-7H,3-5,9H2,1-2H3,(H,10,12)/q-1/p+1. The number of quaternary nitrogens is 1. The molecule has 0 heterocycles. The van der Waals surface area contributed by atoms with Crippen molar-refractivity contribution in [3.05, 3.63) is 0 Å². The highest BCUT2D eigenvalue weighted by Crippen LogP contribution is 1.96. The number of carbonyl (C=O) groups excluding carboxylic acids is 1. The van der Waals surface area contributed by atoms with Gasteiger partial charge in [-0.05, 0) is 13.8 Å². The SMILES string of the molecule is CC(C)OCC([O-])CCC(=O)N[NH3+]. The molecule has 0 saturated carbocycles. The molecule has 0 aliphatic carbocycles. The topological polar surface area (TPSA) is 89.0 Å². The summed E-state index contributed by atoms with van der Waals surface area (Å²) >= 11 is 0. The summed E-state index contributed by atoms with van der Waals surface area (Å²) in [4.78, 5) is 10.7. The Hall–Kier alpha value is -0.650. The third-order valence-electron chi connectivity index (χ3n) is 1.51. The lowest BCUT2D eigenvalue weighted by atomic mass is 10.2. The maximum absolute atomic E-state index is 11.1. The van der Waals surface area contributed by atoms with Crippen molar-refractivity contribution in [1.82, 2.24) is 5.43 Å². The number of hydrogen-bond acceptors (Lipinski definition) is 3. The van der Waals surface area contributed by atoms with Crippen molar-refractivity contribution in [2.75, 3.05) is 6.61 Å². The predicted molar refractivity (Wildman–Crippen MR) is 45.1 cm³/mol. The first-order valence-electron chi connectivity index (χ1n) is 4.39. The Balaban J connectivity index is 3.40. The first-order chi connectivity index (χ1) is 6.06. The van der Waals surface area contributed by atoms with Gasteiger partial charge in [-0.1, -0.05) is 6.42 Å². The minimum atomic E-state index is -0.820. The van der Waals surface area contributed by atoms with Gasteiger partial charge in [-0.25, -0.2) is 5.43 Å². The number of ether oxygens (including phenoxy) is 1. The average Bonchev–Trinajstić information content (AvgIpc) is 2.10. The normalized spacial score (nSPS) is 13.0. The minimum absolute atomic E-state index is 0.0677. The molecular formula is C8H18N2O3. The van der Waals surface area contributed by atoms with Crippen LogP contribution in [-0.4, -0.2) is 24.7 Å². The summed E-state index contributed by atoms with van der Waals surface area (Å²) in [7, 11) is 0. The number of rotatable bonds is 6. The molecular weight excluding hydrogens is 172 g/mol. The van der Waals surface area contributed by atoms with Gasteiger partial charge in [-0.3, -0.25) is 10.6 Å². The van der Waals surface area contributed by atoms with Crippen molar-refractivity contribution in [3.63, 3.8) is 0 Å². The van der Waals surface area contributed by atoms with Crippen molar-refractivity contribution < 1.29 is 20.5 Å². The Morgan fingerprint density at radius 2 is 2.23 bits per heavy atom. The molecule has 0 aliphatic rings. The van der Waals surface area contributed by atoms with Crippen LogP contribution in [0.3, 0.4) is 0 Å². The van der Waals surface area contributed by atoms with Crippen LogP contribution in [-0.2, 0) is 9.53 Å². The molecule has 1 unspecified atom stereocenters. The Labute approximate surface area is 78.2 Å². The van der Waals surface area contributed by atoms with Gasteiger partial charge in [0, 0.05) is 13.0 Å². The molecule has 0 aromatic carbocycles. The third kappa shape index (κ3) is 7.70. The van der Waals surface area contributed by atoms with Gasteiger partial charge in [-0.2, -0.15) is 0 Å². The van der Waals surface area contributed by atoms with Gasteiger partial charge in [0.2, 0.25) is 0 Å². The van der Waals surface area contributed by atoms with Crippen molar-refractivity contribution >= 4 is 5.91 Å². The van der Waals surface area contributed by atoms with Crippen LogP contribution in [0.2, 0.25) is 0 Å². The van der Waals surface area contributed by atoms with E-state index in [0.717, 1.165) is 0 Å². The van der Waals surface area contributed by atoms with E-state index in [1.54, 1.807) is 0 Å². The quantitative estimate of drug-likeness (QED) is 0.484. The van der Waals surface area contributed by atoms with Crippen molar-refractivity contribution in [2.45, 2.75) is 38.9 Å². The van der Waals surface area contributed by atoms with Gasteiger partial charge in [0.1, 0.15) is 0 Å². The maximum Gasteiger partial charge on any atom is 0.264 e. The van der Waals surface area contributed by atoms with Crippen LogP contribution in [0.25, 0.3) is 0 Å². The molecule has 13 heavy (non-hydrogen) atoms. The predicted octanol–water partition coefficient (Wildman–Crippen LogP) is -1.81. The summed E-state index contributed by atoms with van der Waals surface area (Å²) < 4.78 is 5.11. The van der Waals surface area contributed by atoms with Crippen LogP contribution < -0.4 is 16.4 Å². The lowest BCUT2D eigenvalue weighted by Gasteiger charge is -2.22. The van der Waals surface area contributed by atoms with E-state index >= 15 is 0 Å². The number of carbonyl (C=O) groups is 1. The second-order valence-corrected chi connectivity index (χ2v) is 3.14. The highest BCUT2D eigenvalue weighted by Gasteiger charge is 2.02. The summed E-state index contributed by atoms with van der Waals surface area (Å²) in [6.45, 7) is 3.91. The summed E-state index contributed by atoms with van der Waals surface area (Å²) in [6, 6.07) is 0. The van der Waals surface area contributed by atoms with Crippen molar-refractivity contribution in [1.29, 1.82) is 0 Å². The van der Waals surface area contributed by atoms with Crippen LogP contribution in [0, 0.1) is 0 Å². The van der Waals surface area contributed by atoms with E-state index in [-0.39, 0.29) is 25.0 Å². The summed E-state index contributed by atoms with van der Waals surface area (Å²) in [5.41, 5.74) is 2.22. The number of hydrogen-bond donors (Lipinski definition) is 2. The Morgan fingerprint density at radius 3 is 2.69 bits per heavy atom. The molecule has 0 aliphatic heterocycles. The second-order valence-electron chi connectivity index (χ2n) is 3.14. The molecule has 0 radical (unpaired) electrons. The first-order valence-corrected chi connectivity index (χ1v) is 4.39. The number of amides is 1. The maximum atomic E-state index is 11.1. The largest absolute Gasteiger partial charge is 0.850 e. The molecule has 0 fully saturated rings. The first kappa shape index (κ1) is 12.3. The van der Waals surface area contributed by atoms with E-state index in [2.05, 4.69) is 11.3 Å². The van der Waals surface area contributed by atoms with Gasteiger partial charge >= 0.3 is 0 Å². The molecule has 4 N–H and O–H groups in total. The average molecular weight is 190 g/mol. The molecule has 5 heteroatoms. The van der Waals surface area contributed by atoms with Crippen LogP contribution in [0.15, 0.2) is 0 Å². The molecule has 1 amide bonds. The fourth-order valence-corrected chi connectivity index (χ4v) is 0.764. The minimum Gasteiger partial charge on any atom is -0.850 e. The zero-order valence-electron chi connectivity index (χ0n) is 8.21. The van der Waals surface area contributed by atoms with E-state index in [1.165, 1.54) is 0 Å². The lowest BCUT2D eigenvalue weighted by Crippen LogP contribution is -2.67. The van der Waals surface area contributed by atoms with Gasteiger partial charge in [-0.15, -0.1) is 6.10 Å². The van der Waals surface area contributed by atoms with E-state index < -0.39 is 6.10 Å². The third-order valence-corrected chi connectivity index (χ3v) is 1.51. The zero-order valence-corrected chi connectivity index (χ0v) is 8.21. The fraction of sp³-hybridized carbons (Fsp3) is 0.875. The highest BCUT2D eigenvalue weighted by atomic mass is 16.5. The van der Waals surface area contributed by atoms with Crippen molar-refractivity contribution in [2.24, 2.45) is 0 Å². The molecule has 0 spiro atoms. The summed E-state index contributed by atoms with van der Waals surface area (Å²) in [5.74, 6) is 3.00. The lowest BCUT2D eigenvalue weighted by molar-refractivity contribution is -0.433. The molecule has 0 bridgehead atoms. The Kier molecular flexibility index (Phi) is 6.48. The van der Waals surface area contributed by atoms with Crippen LogP contribution in [0.4, 0.5) is 0 Å². The number of nitrogens with one attached hydrogen (secondary N) is 1. The fourth-order valence-electron chi connectivity index (χ4n) is 0.764. The Morgan fingerprint density at radius 1 is 1.62 bits per heavy atom. The van der Waals surface area contributed by atoms with E-state index in [0.29, 0.717) is 6.42 Å². The van der Waals surface area contributed by atoms with Gasteiger partial charge < -0.3 is 9.84 Å². The Bertz CT molecular complexity index is 150. The monoisotopic (exact) mass is 190 g/mol. The van der Waals surface area contributed by atoms with E-state index in [9.17, 15) is 9.90 Å². The molecule has 0 aromatic heterocycles. The van der Waals surface area contributed by atoms with E-state index in [1.807, 2.05) is 13.8 Å². The molecule has 1 atom stereocenters. The van der Waals surface area contributed by atoms with Crippen LogP contribution in [0.5, 0.6) is 0 Å². The molecule has 5 nitrogen and oxygen atoms in total. The molecule has 0 aromatic rings. The van der Waals surface area contributed by atoms with Crippen molar-refractivity contribution in [3.8, 4) is 0 Å². The molecule has 0 rings (SSSR count). The second kappa shape index (κ2) is 6.82. The molecule has 0 saturated heterocycles. The zero-order chi connectivity index (χ0) is 10.3. The smallest absolute Gasteiger partial charge is 0.264 e. The van der Waals surface area contributed by atoms with Crippen LogP contribution >= 0.6 is 0 Å². The highest BCUT2D eigenvalue weighted by molar-refractivity contribution is 5.74. The van der Waals surface area contributed by atoms with Crippen LogP contribution in [0.1, 0.15) is 26.7 Å². The summed E-state index contributed by atoms with van der Waals surface area (Å²) in [5, 5.41) is 11.1. The van der Waals surface area contributed by atoms with Gasteiger partial charge in [0.05, 0.1) is 6.10 Å².